The van der Waals surface area contributed by atoms with Crippen LogP contribution < -0.4 is 15.1 Å². The Bertz CT molecular complexity index is 783. The number of hydrogen-bond acceptors (Lipinski definition) is 5. The highest BCUT2D eigenvalue weighted by Crippen LogP contribution is 2.34. The van der Waals surface area contributed by atoms with Gasteiger partial charge in [0.15, 0.2) is 0 Å². The number of hydrogen-bond donors (Lipinski definition) is 2. The molecule has 3 rings (SSSR count). The highest BCUT2D eigenvalue weighted by Gasteiger charge is 2.33. The molecule has 0 radical (unpaired) electrons. The van der Waals surface area contributed by atoms with Crippen molar-refractivity contribution in [2.75, 3.05) is 28.3 Å². The molecule has 132 valence electrons. The predicted molar refractivity (Wildman–Crippen MR) is 98.3 cm³/mol. The second-order valence-electron chi connectivity index (χ2n) is 6.04. The summed E-state index contributed by atoms with van der Waals surface area (Å²) in [6.07, 6.45) is 1.70. The summed E-state index contributed by atoms with van der Waals surface area (Å²) in [5.74, 6) is 0.969. The molecule has 0 unspecified atom stereocenters. The van der Waals surface area contributed by atoms with Gasteiger partial charge in [0.2, 0.25) is 5.95 Å². The summed E-state index contributed by atoms with van der Waals surface area (Å²) >= 11 is 6.25. The topological polar surface area (TPSA) is 81.6 Å². The average Bonchev–Trinajstić information content (AvgIpc) is 2.58. The van der Waals surface area contributed by atoms with Gasteiger partial charge in [-0.3, -0.25) is 9.80 Å². The molecule has 8 heteroatoms. The van der Waals surface area contributed by atoms with E-state index in [4.69, 9.17) is 11.6 Å². The first-order valence-corrected chi connectivity index (χ1v) is 8.46. The van der Waals surface area contributed by atoms with Crippen LogP contribution in [-0.2, 0) is 6.54 Å². The summed E-state index contributed by atoms with van der Waals surface area (Å²) in [6.45, 7) is 4.27. The number of aromatic nitrogens is 2. The van der Waals surface area contributed by atoms with Gasteiger partial charge in [-0.2, -0.15) is 4.98 Å². The molecule has 2 heterocycles. The van der Waals surface area contributed by atoms with E-state index in [0.717, 1.165) is 5.56 Å². The Morgan fingerprint density at radius 3 is 2.80 bits per heavy atom. The number of urea groups is 1. The smallest absolute Gasteiger partial charge is 0.330 e. The maximum Gasteiger partial charge on any atom is 0.330 e. The Hall–Kier alpha value is -2.38. The zero-order chi connectivity index (χ0) is 18.0. The predicted octanol–water partition coefficient (Wildman–Crippen LogP) is 2.89. The summed E-state index contributed by atoms with van der Waals surface area (Å²) in [4.78, 5) is 24.8. The van der Waals surface area contributed by atoms with Crippen LogP contribution in [0.15, 0.2) is 30.5 Å². The number of halogens is 1. The molecule has 2 amide bonds. The molecular weight excluding hydrogens is 342 g/mol. The lowest BCUT2D eigenvalue weighted by molar-refractivity contribution is 0.245. The molecule has 1 aromatic heterocycles. The molecule has 25 heavy (non-hydrogen) atoms. The number of carbonyl (C=O) groups excluding carboxylic acids is 1. The highest BCUT2D eigenvalue weighted by molar-refractivity contribution is 6.34. The third-order valence-corrected chi connectivity index (χ3v) is 4.09. The summed E-state index contributed by atoms with van der Waals surface area (Å²) in [7, 11) is 0. The average molecular weight is 362 g/mol. The summed E-state index contributed by atoms with van der Waals surface area (Å²) in [5.41, 5.74) is 1.41. The van der Waals surface area contributed by atoms with Crippen LogP contribution in [-0.4, -0.2) is 40.3 Å². The molecule has 0 spiro atoms. The normalized spacial score (nSPS) is 14.0. The maximum atomic E-state index is 13.0. The number of rotatable bonds is 5. The fourth-order valence-electron chi connectivity index (χ4n) is 2.71. The van der Waals surface area contributed by atoms with E-state index < -0.39 is 0 Å². The minimum Gasteiger partial charge on any atom is -0.395 e. The van der Waals surface area contributed by atoms with Crippen LogP contribution >= 0.6 is 11.6 Å². The number of nitrogens with one attached hydrogen (secondary N) is 1. The summed E-state index contributed by atoms with van der Waals surface area (Å²) < 4.78 is 0. The van der Waals surface area contributed by atoms with Crippen molar-refractivity contribution in [1.82, 2.24) is 9.97 Å². The van der Waals surface area contributed by atoms with E-state index in [9.17, 15) is 9.90 Å². The Kier molecular flexibility index (Phi) is 5.06. The van der Waals surface area contributed by atoms with Gasteiger partial charge in [-0.15, -0.1) is 0 Å². The van der Waals surface area contributed by atoms with Gasteiger partial charge in [-0.25, -0.2) is 9.78 Å². The van der Waals surface area contributed by atoms with E-state index in [1.807, 2.05) is 26.0 Å². The number of nitrogens with zero attached hydrogens (tertiary/aromatic N) is 4. The van der Waals surface area contributed by atoms with E-state index >= 15 is 0 Å². The van der Waals surface area contributed by atoms with Gasteiger partial charge in [0.1, 0.15) is 5.82 Å². The van der Waals surface area contributed by atoms with E-state index in [0.29, 0.717) is 29.0 Å². The van der Waals surface area contributed by atoms with Gasteiger partial charge >= 0.3 is 6.03 Å². The van der Waals surface area contributed by atoms with Crippen molar-refractivity contribution in [1.29, 1.82) is 0 Å². The number of aliphatic hydroxyl groups is 1. The number of anilines is 3. The first-order chi connectivity index (χ1) is 12.0. The van der Waals surface area contributed by atoms with Crippen molar-refractivity contribution in [3.8, 4) is 0 Å². The number of aliphatic hydroxyl groups excluding tert-OH is 1. The molecule has 1 aromatic carbocycles. The molecule has 1 aliphatic rings. The van der Waals surface area contributed by atoms with Gasteiger partial charge < -0.3 is 10.4 Å². The lowest BCUT2D eigenvalue weighted by Gasteiger charge is -2.36. The van der Waals surface area contributed by atoms with Crippen molar-refractivity contribution < 1.29 is 9.90 Å². The monoisotopic (exact) mass is 361 g/mol. The highest BCUT2D eigenvalue weighted by atomic mass is 35.5. The van der Waals surface area contributed by atoms with Gasteiger partial charge in [-0.05, 0) is 26.0 Å². The lowest BCUT2D eigenvalue weighted by atomic mass is 10.2. The molecule has 0 fully saturated rings. The van der Waals surface area contributed by atoms with Crippen LogP contribution in [0.3, 0.4) is 0 Å². The van der Waals surface area contributed by atoms with Crippen molar-refractivity contribution in [2.45, 2.75) is 26.4 Å². The second-order valence-corrected chi connectivity index (χ2v) is 6.44. The van der Waals surface area contributed by atoms with E-state index in [-0.39, 0.29) is 25.2 Å². The Balaban J connectivity index is 2.02. The molecular formula is C17H20ClN5O2. The third-order valence-electron chi connectivity index (χ3n) is 3.77. The molecule has 2 aromatic rings. The van der Waals surface area contributed by atoms with Crippen molar-refractivity contribution in [3.63, 3.8) is 0 Å². The standard InChI is InChI=1S/C17H20ClN5O2/c1-11(2)20-16-19-9-12-10-23(14-6-4-3-5-13(14)18)17(25)22(7-8-24)15(12)21-16/h3-6,9,11,24H,7-8,10H2,1-2H3,(H,19,20,21). The minimum atomic E-state index is -0.274. The molecule has 2 N–H and O–H groups in total. The Morgan fingerprint density at radius 1 is 1.36 bits per heavy atom. The molecule has 0 aliphatic carbocycles. The van der Waals surface area contributed by atoms with Crippen molar-refractivity contribution >= 4 is 35.1 Å². The first-order valence-electron chi connectivity index (χ1n) is 8.08. The second kappa shape index (κ2) is 7.25. The molecule has 1 aliphatic heterocycles. The fraction of sp³-hybridized carbons (Fsp3) is 0.353. The Labute approximate surface area is 151 Å². The van der Waals surface area contributed by atoms with Crippen LogP contribution in [0.4, 0.5) is 22.2 Å². The minimum absolute atomic E-state index is 0.144. The van der Waals surface area contributed by atoms with Gasteiger partial charge in [0, 0.05) is 17.8 Å². The van der Waals surface area contributed by atoms with Crippen LogP contribution in [0, 0.1) is 0 Å². The zero-order valence-corrected chi connectivity index (χ0v) is 14.9. The zero-order valence-electron chi connectivity index (χ0n) is 14.1. The maximum absolute atomic E-state index is 13.0. The van der Waals surface area contributed by atoms with Gasteiger partial charge in [0.05, 0.1) is 30.4 Å². The number of benzene rings is 1. The molecule has 0 saturated carbocycles. The first kappa shape index (κ1) is 17.4. The summed E-state index contributed by atoms with van der Waals surface area (Å²) in [6, 6.07) is 7.06. The van der Waals surface area contributed by atoms with Crippen LogP contribution in [0.2, 0.25) is 5.02 Å². The summed E-state index contributed by atoms with van der Waals surface area (Å²) in [5, 5.41) is 13.0. The van der Waals surface area contributed by atoms with Gasteiger partial charge in [-0.1, -0.05) is 23.7 Å². The number of fused-ring (bicyclic) bond motifs is 1. The van der Waals surface area contributed by atoms with E-state index in [1.54, 1.807) is 23.2 Å². The quantitative estimate of drug-likeness (QED) is 0.855. The molecule has 0 saturated heterocycles. The molecule has 7 nitrogen and oxygen atoms in total. The number of carbonyl (C=O) groups is 1. The lowest BCUT2D eigenvalue weighted by Crippen LogP contribution is -2.49. The third kappa shape index (κ3) is 3.52. The van der Waals surface area contributed by atoms with E-state index in [2.05, 4.69) is 15.3 Å². The number of β-amino-alcohol motifs (C(OH)–C–C–N with tert-alkyl or cyclic N) is 1. The largest absolute Gasteiger partial charge is 0.395 e. The Morgan fingerprint density at radius 2 is 2.12 bits per heavy atom. The van der Waals surface area contributed by atoms with Crippen LogP contribution in [0.1, 0.15) is 19.4 Å². The van der Waals surface area contributed by atoms with Crippen LogP contribution in [0.25, 0.3) is 0 Å². The number of amides is 2. The SMILES string of the molecule is CC(C)Nc1ncc2c(n1)N(CCO)C(=O)N(c1ccccc1Cl)C2. The molecule has 0 atom stereocenters. The van der Waals surface area contributed by atoms with Crippen LogP contribution in [0.5, 0.6) is 0 Å². The van der Waals surface area contributed by atoms with E-state index in [1.165, 1.54) is 4.90 Å². The molecule has 0 bridgehead atoms. The van der Waals surface area contributed by atoms with Gasteiger partial charge in [0.25, 0.3) is 0 Å². The fourth-order valence-corrected chi connectivity index (χ4v) is 2.94. The van der Waals surface area contributed by atoms with Crippen molar-refractivity contribution in [2.24, 2.45) is 0 Å². The number of para-hydroxylation sites is 1. The van der Waals surface area contributed by atoms with Crippen molar-refractivity contribution in [3.05, 3.63) is 41.0 Å².